The van der Waals surface area contributed by atoms with Crippen molar-refractivity contribution in [1.82, 2.24) is 0 Å². The zero-order chi connectivity index (χ0) is 17.0. The molecular weight excluding hydrogens is 320 g/mol. The van der Waals surface area contributed by atoms with Crippen molar-refractivity contribution in [3.63, 3.8) is 0 Å². The van der Waals surface area contributed by atoms with Crippen molar-refractivity contribution in [3.05, 3.63) is 69.2 Å². The zero-order valence-electron chi connectivity index (χ0n) is 12.3. The molecule has 0 bridgehead atoms. The molecule has 2 N–H and O–H groups in total. The van der Waals surface area contributed by atoms with Crippen LogP contribution in [0.25, 0.3) is 0 Å². The summed E-state index contributed by atoms with van der Waals surface area (Å²) in [4.78, 5) is 21.8. The number of hydrogen-bond donors (Lipinski definition) is 2. The van der Waals surface area contributed by atoms with Crippen molar-refractivity contribution in [2.45, 2.75) is 19.1 Å². The highest BCUT2D eigenvalue weighted by Gasteiger charge is 2.25. The standard InChI is InChI=1S/C16H15ClN2O4/c1-10(20)16(21)15(18-13-6-4-12(17)5-7-13)11-2-8-14(9-3-11)19(22)23/h2-9,15-16,18,21H,1H3/t15-,16+/m1/s1. The number of nitro groups is 1. The number of halogens is 1. The smallest absolute Gasteiger partial charge is 0.269 e. The number of aliphatic hydroxyl groups is 1. The Morgan fingerprint density at radius 2 is 1.74 bits per heavy atom. The largest absolute Gasteiger partial charge is 0.383 e. The molecule has 0 fully saturated rings. The van der Waals surface area contributed by atoms with E-state index in [0.717, 1.165) is 0 Å². The number of carbonyl (C=O) groups is 1. The molecule has 23 heavy (non-hydrogen) atoms. The maximum atomic E-state index is 11.6. The van der Waals surface area contributed by atoms with Crippen molar-refractivity contribution in [1.29, 1.82) is 0 Å². The normalized spacial score (nSPS) is 13.2. The summed E-state index contributed by atoms with van der Waals surface area (Å²) in [5, 5.41) is 24.5. The van der Waals surface area contributed by atoms with Gasteiger partial charge in [-0.2, -0.15) is 0 Å². The Morgan fingerprint density at radius 1 is 1.17 bits per heavy atom. The molecule has 0 radical (unpaired) electrons. The summed E-state index contributed by atoms with van der Waals surface area (Å²) in [5.74, 6) is -0.408. The quantitative estimate of drug-likeness (QED) is 0.624. The van der Waals surface area contributed by atoms with Crippen LogP contribution < -0.4 is 5.32 Å². The highest BCUT2D eigenvalue weighted by Crippen LogP contribution is 2.26. The van der Waals surface area contributed by atoms with Gasteiger partial charge in [0, 0.05) is 22.8 Å². The Labute approximate surface area is 137 Å². The van der Waals surface area contributed by atoms with Crippen molar-refractivity contribution < 1.29 is 14.8 Å². The van der Waals surface area contributed by atoms with E-state index in [0.29, 0.717) is 16.3 Å². The third kappa shape index (κ3) is 4.28. The van der Waals surface area contributed by atoms with Crippen LogP contribution >= 0.6 is 11.6 Å². The molecule has 0 aromatic heterocycles. The van der Waals surface area contributed by atoms with Crippen molar-refractivity contribution in [2.75, 3.05) is 5.32 Å². The summed E-state index contributed by atoms with van der Waals surface area (Å²) >= 11 is 5.83. The molecule has 0 heterocycles. The van der Waals surface area contributed by atoms with Crippen LogP contribution in [0, 0.1) is 10.1 Å². The number of nitro benzene ring substituents is 1. The monoisotopic (exact) mass is 334 g/mol. The molecule has 7 heteroatoms. The van der Waals surface area contributed by atoms with E-state index in [2.05, 4.69) is 5.32 Å². The first-order valence-corrected chi connectivity index (χ1v) is 7.21. The number of ketones is 1. The SMILES string of the molecule is CC(=O)[C@H](O)[C@H](Nc1ccc(Cl)cc1)c1ccc([N+](=O)[O-])cc1. The van der Waals surface area contributed by atoms with Gasteiger partial charge in [-0.15, -0.1) is 0 Å². The molecule has 0 unspecified atom stereocenters. The van der Waals surface area contributed by atoms with Crippen LogP contribution in [0.15, 0.2) is 48.5 Å². The van der Waals surface area contributed by atoms with Crippen LogP contribution in [0.1, 0.15) is 18.5 Å². The number of Topliss-reactive ketones (excluding diaryl/α,β-unsaturated/α-hetero) is 1. The number of anilines is 1. The van der Waals surface area contributed by atoms with Crippen molar-refractivity contribution in [3.8, 4) is 0 Å². The number of non-ortho nitro benzene ring substituents is 1. The number of nitrogens with one attached hydrogen (secondary N) is 1. The Kier molecular flexibility index (Phi) is 5.31. The molecule has 2 atom stereocenters. The van der Waals surface area contributed by atoms with Gasteiger partial charge in [-0.05, 0) is 36.8 Å². The molecule has 2 aromatic rings. The van der Waals surface area contributed by atoms with E-state index in [1.807, 2.05) is 0 Å². The fraction of sp³-hybridized carbons (Fsp3) is 0.188. The van der Waals surface area contributed by atoms with Gasteiger partial charge in [-0.25, -0.2) is 0 Å². The molecule has 0 saturated heterocycles. The maximum absolute atomic E-state index is 11.6. The van der Waals surface area contributed by atoms with Gasteiger partial charge in [0.25, 0.3) is 5.69 Å². The van der Waals surface area contributed by atoms with E-state index in [9.17, 15) is 20.0 Å². The molecule has 120 valence electrons. The summed E-state index contributed by atoms with van der Waals surface area (Å²) in [6.07, 6.45) is -1.29. The van der Waals surface area contributed by atoms with Gasteiger partial charge in [0.1, 0.15) is 6.10 Å². The van der Waals surface area contributed by atoms with Gasteiger partial charge >= 0.3 is 0 Å². The van der Waals surface area contributed by atoms with Gasteiger partial charge in [-0.1, -0.05) is 23.7 Å². The number of benzene rings is 2. The molecule has 0 aliphatic rings. The molecule has 2 rings (SSSR count). The average Bonchev–Trinajstić information content (AvgIpc) is 2.53. The van der Waals surface area contributed by atoms with E-state index in [4.69, 9.17) is 11.6 Å². The molecule has 0 aliphatic heterocycles. The van der Waals surface area contributed by atoms with Gasteiger partial charge in [-0.3, -0.25) is 14.9 Å². The van der Waals surface area contributed by atoms with Crippen LogP contribution in [0.2, 0.25) is 5.02 Å². The first-order valence-electron chi connectivity index (χ1n) is 6.83. The lowest BCUT2D eigenvalue weighted by Crippen LogP contribution is -2.31. The molecule has 0 saturated carbocycles. The van der Waals surface area contributed by atoms with E-state index >= 15 is 0 Å². The van der Waals surface area contributed by atoms with Crippen LogP contribution in [0.5, 0.6) is 0 Å². The number of aliphatic hydroxyl groups excluding tert-OH is 1. The van der Waals surface area contributed by atoms with Crippen LogP contribution in [0.3, 0.4) is 0 Å². The summed E-state index contributed by atoms with van der Waals surface area (Å²) in [7, 11) is 0. The summed E-state index contributed by atoms with van der Waals surface area (Å²) in [6, 6.07) is 11.7. The molecule has 2 aromatic carbocycles. The molecule has 0 spiro atoms. The molecular formula is C16H15ClN2O4. The number of carbonyl (C=O) groups excluding carboxylic acids is 1. The van der Waals surface area contributed by atoms with Gasteiger partial charge in [0.15, 0.2) is 5.78 Å². The van der Waals surface area contributed by atoms with E-state index < -0.39 is 22.9 Å². The lowest BCUT2D eigenvalue weighted by Gasteiger charge is -2.24. The number of rotatable bonds is 6. The summed E-state index contributed by atoms with van der Waals surface area (Å²) in [6.45, 7) is 1.28. The number of hydrogen-bond acceptors (Lipinski definition) is 5. The lowest BCUT2D eigenvalue weighted by molar-refractivity contribution is -0.384. The second-order valence-electron chi connectivity index (χ2n) is 5.03. The third-order valence-electron chi connectivity index (χ3n) is 3.36. The topological polar surface area (TPSA) is 92.5 Å². The van der Waals surface area contributed by atoms with E-state index in [1.54, 1.807) is 24.3 Å². The van der Waals surface area contributed by atoms with E-state index in [-0.39, 0.29) is 5.69 Å². The fourth-order valence-electron chi connectivity index (χ4n) is 2.11. The minimum Gasteiger partial charge on any atom is -0.383 e. The first kappa shape index (κ1) is 16.9. The Balaban J connectivity index is 2.31. The van der Waals surface area contributed by atoms with Gasteiger partial charge < -0.3 is 10.4 Å². The van der Waals surface area contributed by atoms with Gasteiger partial charge in [0.2, 0.25) is 0 Å². The molecule has 0 aliphatic carbocycles. The predicted molar refractivity (Wildman–Crippen MR) is 87.6 cm³/mol. The highest BCUT2D eigenvalue weighted by molar-refractivity contribution is 6.30. The second kappa shape index (κ2) is 7.21. The minimum atomic E-state index is -1.29. The summed E-state index contributed by atoms with van der Waals surface area (Å²) in [5.41, 5.74) is 1.17. The predicted octanol–water partition coefficient (Wildman–Crippen LogP) is 3.35. The minimum absolute atomic E-state index is 0.0590. The highest BCUT2D eigenvalue weighted by atomic mass is 35.5. The van der Waals surface area contributed by atoms with Gasteiger partial charge in [0.05, 0.1) is 11.0 Å². The Morgan fingerprint density at radius 3 is 2.22 bits per heavy atom. The number of nitrogens with zero attached hydrogens (tertiary/aromatic N) is 1. The summed E-state index contributed by atoms with van der Waals surface area (Å²) < 4.78 is 0. The van der Waals surface area contributed by atoms with Crippen molar-refractivity contribution in [2.24, 2.45) is 0 Å². The average molecular weight is 335 g/mol. The second-order valence-corrected chi connectivity index (χ2v) is 5.47. The van der Waals surface area contributed by atoms with Crippen LogP contribution in [-0.4, -0.2) is 21.9 Å². The lowest BCUT2D eigenvalue weighted by atomic mass is 9.98. The Bertz CT molecular complexity index is 701. The van der Waals surface area contributed by atoms with Crippen LogP contribution in [0.4, 0.5) is 11.4 Å². The third-order valence-corrected chi connectivity index (χ3v) is 3.61. The first-order chi connectivity index (χ1) is 10.9. The Hall–Kier alpha value is -2.44. The molecule has 6 nitrogen and oxygen atoms in total. The van der Waals surface area contributed by atoms with E-state index in [1.165, 1.54) is 31.2 Å². The molecule has 0 amide bonds. The zero-order valence-corrected chi connectivity index (χ0v) is 13.0. The van der Waals surface area contributed by atoms with Crippen molar-refractivity contribution >= 4 is 28.8 Å². The maximum Gasteiger partial charge on any atom is 0.269 e. The fourth-order valence-corrected chi connectivity index (χ4v) is 2.23. The van der Waals surface area contributed by atoms with Crippen LogP contribution in [-0.2, 0) is 4.79 Å².